The molecule has 1 aliphatic rings. The van der Waals surface area contributed by atoms with Crippen LogP contribution < -0.4 is 0 Å². The second-order valence-corrected chi connectivity index (χ2v) is 8.20. The van der Waals surface area contributed by atoms with Crippen LogP contribution in [0.5, 0.6) is 0 Å². The Morgan fingerprint density at radius 1 is 0.733 bits per heavy atom. The van der Waals surface area contributed by atoms with Gasteiger partial charge in [0.15, 0.2) is 0 Å². The van der Waals surface area contributed by atoms with E-state index >= 15 is 0 Å². The van der Waals surface area contributed by atoms with Crippen LogP contribution in [-0.2, 0) is 5.41 Å². The highest BCUT2D eigenvalue weighted by Crippen LogP contribution is 2.52. The van der Waals surface area contributed by atoms with Crippen molar-refractivity contribution in [3.05, 3.63) is 96.4 Å². The van der Waals surface area contributed by atoms with Gasteiger partial charge >= 0.3 is 0 Å². The number of hydrogen-bond donors (Lipinski definition) is 0. The van der Waals surface area contributed by atoms with E-state index < -0.39 is 0 Å². The van der Waals surface area contributed by atoms with E-state index in [4.69, 9.17) is 9.97 Å². The van der Waals surface area contributed by atoms with E-state index in [9.17, 15) is 0 Å². The first-order valence-electron chi connectivity index (χ1n) is 10.1. The lowest BCUT2D eigenvalue weighted by molar-refractivity contribution is 0.620. The van der Waals surface area contributed by atoms with Gasteiger partial charge in [-0.3, -0.25) is 14.5 Å². The number of nitrogens with zero attached hydrogens (tertiary/aromatic N) is 4. The zero-order chi connectivity index (χ0) is 20.3. The van der Waals surface area contributed by atoms with Gasteiger partial charge in [0.05, 0.1) is 22.6 Å². The summed E-state index contributed by atoms with van der Waals surface area (Å²) in [6, 6.07) is 24.8. The van der Waals surface area contributed by atoms with E-state index in [1.165, 1.54) is 22.2 Å². The monoisotopic (exact) mass is 388 g/mol. The summed E-state index contributed by atoms with van der Waals surface area (Å²) in [6.07, 6.45) is 3.69. The van der Waals surface area contributed by atoms with Gasteiger partial charge in [0.2, 0.25) is 0 Å². The predicted octanol–water partition coefficient (Wildman–Crippen LogP) is 5.79. The predicted molar refractivity (Wildman–Crippen MR) is 120 cm³/mol. The first-order chi connectivity index (χ1) is 14.7. The fourth-order valence-electron chi connectivity index (χ4n) is 4.75. The number of benzene rings is 1. The lowest BCUT2D eigenvalue weighted by Crippen LogP contribution is -2.20. The van der Waals surface area contributed by atoms with Crippen molar-refractivity contribution >= 4 is 10.9 Å². The van der Waals surface area contributed by atoms with Gasteiger partial charge in [-0.1, -0.05) is 50.2 Å². The Labute approximate surface area is 174 Å². The highest BCUT2D eigenvalue weighted by atomic mass is 15.1. The molecule has 0 radical (unpaired) electrons. The standard InChI is InChI=1S/C26H20N4/c1-26(2)18-10-8-16-28-24(18)23-17-9-3-4-13-21(17)30(25(23)26)22-14-7-12-20(29-22)19-11-5-6-15-27-19/h3-16H,1-2H3. The van der Waals surface area contributed by atoms with Crippen molar-refractivity contribution in [1.29, 1.82) is 0 Å². The molecule has 0 atom stereocenters. The Balaban J connectivity index is 1.69. The smallest absolute Gasteiger partial charge is 0.138 e. The number of fused-ring (bicyclic) bond motifs is 5. The van der Waals surface area contributed by atoms with E-state index in [1.807, 2.05) is 36.5 Å². The average Bonchev–Trinajstić information content (AvgIpc) is 3.26. The maximum Gasteiger partial charge on any atom is 0.138 e. The molecule has 0 spiro atoms. The van der Waals surface area contributed by atoms with E-state index in [-0.39, 0.29) is 5.41 Å². The highest BCUT2D eigenvalue weighted by molar-refractivity contribution is 6.02. The summed E-state index contributed by atoms with van der Waals surface area (Å²) in [7, 11) is 0. The van der Waals surface area contributed by atoms with Crippen LogP contribution in [0.4, 0.5) is 0 Å². The Morgan fingerprint density at radius 3 is 2.40 bits per heavy atom. The summed E-state index contributed by atoms with van der Waals surface area (Å²) in [5.74, 6) is 0.900. The molecular weight excluding hydrogens is 368 g/mol. The summed E-state index contributed by atoms with van der Waals surface area (Å²) in [5.41, 5.74) is 7.50. The second-order valence-electron chi connectivity index (χ2n) is 8.20. The number of para-hydroxylation sites is 1. The van der Waals surface area contributed by atoms with Gasteiger partial charge in [-0.25, -0.2) is 4.98 Å². The van der Waals surface area contributed by atoms with Crippen molar-refractivity contribution in [1.82, 2.24) is 19.5 Å². The van der Waals surface area contributed by atoms with E-state index in [1.54, 1.807) is 6.20 Å². The maximum absolute atomic E-state index is 5.02. The second kappa shape index (κ2) is 6.10. The van der Waals surface area contributed by atoms with Gasteiger partial charge in [-0.15, -0.1) is 0 Å². The molecule has 0 unspecified atom stereocenters. The molecule has 4 heterocycles. The first kappa shape index (κ1) is 17.1. The third-order valence-electron chi connectivity index (χ3n) is 6.08. The number of rotatable bonds is 2. The van der Waals surface area contributed by atoms with Crippen molar-refractivity contribution < 1.29 is 0 Å². The van der Waals surface area contributed by atoms with Crippen molar-refractivity contribution in [3.8, 4) is 28.5 Å². The molecule has 0 N–H and O–H groups in total. The van der Waals surface area contributed by atoms with Crippen molar-refractivity contribution in [2.24, 2.45) is 0 Å². The van der Waals surface area contributed by atoms with E-state index in [0.717, 1.165) is 28.4 Å². The molecule has 0 aliphatic heterocycles. The summed E-state index contributed by atoms with van der Waals surface area (Å²) >= 11 is 0. The molecule has 144 valence electrons. The molecule has 0 bridgehead atoms. The van der Waals surface area contributed by atoms with E-state index in [2.05, 4.69) is 65.9 Å². The van der Waals surface area contributed by atoms with Crippen LogP contribution in [0.15, 0.2) is 85.2 Å². The van der Waals surface area contributed by atoms with E-state index in [0.29, 0.717) is 0 Å². The first-order valence-corrected chi connectivity index (χ1v) is 10.1. The van der Waals surface area contributed by atoms with Gasteiger partial charge in [0.25, 0.3) is 0 Å². The molecule has 0 amide bonds. The van der Waals surface area contributed by atoms with Crippen LogP contribution in [0.2, 0.25) is 0 Å². The third kappa shape index (κ3) is 2.25. The largest absolute Gasteiger partial charge is 0.297 e. The highest BCUT2D eigenvalue weighted by Gasteiger charge is 2.41. The molecule has 4 heteroatoms. The summed E-state index contributed by atoms with van der Waals surface area (Å²) in [6.45, 7) is 4.55. The number of pyridine rings is 3. The minimum absolute atomic E-state index is 0.180. The molecule has 1 aromatic carbocycles. The van der Waals surface area contributed by atoms with Crippen LogP contribution in [0.25, 0.3) is 39.4 Å². The Morgan fingerprint density at radius 2 is 1.53 bits per heavy atom. The maximum atomic E-state index is 5.02. The van der Waals surface area contributed by atoms with Crippen LogP contribution in [0, 0.1) is 0 Å². The Kier molecular flexibility index (Phi) is 3.48. The fraction of sp³-hybridized carbons (Fsp3) is 0.115. The zero-order valence-electron chi connectivity index (χ0n) is 16.9. The van der Waals surface area contributed by atoms with Gasteiger partial charge in [0, 0.05) is 34.5 Å². The zero-order valence-corrected chi connectivity index (χ0v) is 16.9. The molecule has 30 heavy (non-hydrogen) atoms. The molecule has 0 saturated heterocycles. The van der Waals surface area contributed by atoms with Crippen LogP contribution in [0.3, 0.4) is 0 Å². The van der Waals surface area contributed by atoms with Crippen LogP contribution >= 0.6 is 0 Å². The van der Waals surface area contributed by atoms with Gasteiger partial charge in [-0.2, -0.15) is 0 Å². The molecular formula is C26H20N4. The molecule has 0 saturated carbocycles. The molecule has 1 aliphatic carbocycles. The van der Waals surface area contributed by atoms with Crippen molar-refractivity contribution in [2.45, 2.75) is 19.3 Å². The fourth-order valence-corrected chi connectivity index (χ4v) is 4.75. The molecule has 5 aromatic rings. The van der Waals surface area contributed by atoms with Crippen molar-refractivity contribution in [3.63, 3.8) is 0 Å². The summed E-state index contributed by atoms with van der Waals surface area (Å²) in [5, 5.41) is 1.21. The molecule has 4 aromatic heterocycles. The normalized spacial score (nSPS) is 13.9. The number of aromatic nitrogens is 4. The van der Waals surface area contributed by atoms with Crippen LogP contribution in [-0.4, -0.2) is 19.5 Å². The van der Waals surface area contributed by atoms with Gasteiger partial charge < -0.3 is 0 Å². The Hall–Kier alpha value is -3.79. The molecule has 4 nitrogen and oxygen atoms in total. The molecule has 0 fully saturated rings. The Bertz CT molecular complexity index is 1410. The SMILES string of the molecule is CC1(C)c2cccnc2-c2c1n(-c1cccc(-c3ccccn3)n1)c1ccccc21. The van der Waals surface area contributed by atoms with Gasteiger partial charge in [0.1, 0.15) is 5.82 Å². The number of hydrogen-bond acceptors (Lipinski definition) is 3. The quantitative estimate of drug-likeness (QED) is 0.384. The minimum atomic E-state index is -0.180. The lowest BCUT2D eigenvalue weighted by atomic mass is 9.86. The minimum Gasteiger partial charge on any atom is -0.297 e. The van der Waals surface area contributed by atoms with Crippen molar-refractivity contribution in [2.75, 3.05) is 0 Å². The average molecular weight is 388 g/mol. The summed E-state index contributed by atoms with van der Waals surface area (Å²) < 4.78 is 2.30. The molecule has 6 rings (SSSR count). The lowest BCUT2D eigenvalue weighted by Gasteiger charge is -2.24. The summed E-state index contributed by atoms with van der Waals surface area (Å²) in [4.78, 5) is 14.3. The third-order valence-corrected chi connectivity index (χ3v) is 6.08. The van der Waals surface area contributed by atoms with Gasteiger partial charge in [-0.05, 0) is 42.0 Å². The topological polar surface area (TPSA) is 43.6 Å². The van der Waals surface area contributed by atoms with Crippen LogP contribution in [0.1, 0.15) is 25.1 Å².